The second kappa shape index (κ2) is 9.13. The number of esters is 1. The van der Waals surface area contributed by atoms with E-state index < -0.39 is 0 Å². The van der Waals surface area contributed by atoms with E-state index in [1.165, 1.54) is 11.1 Å². The van der Waals surface area contributed by atoms with Crippen molar-refractivity contribution in [1.82, 2.24) is 0 Å². The Kier molecular flexibility index (Phi) is 7.41. The second-order valence-electron chi connectivity index (χ2n) is 4.95. The lowest BCUT2D eigenvalue weighted by molar-refractivity contribution is -0.143. The predicted molar refractivity (Wildman–Crippen MR) is 84.3 cm³/mol. The lowest BCUT2D eigenvalue weighted by Gasteiger charge is -2.14. The van der Waals surface area contributed by atoms with Crippen LogP contribution in [0.25, 0.3) is 5.57 Å². The average Bonchev–Trinajstić information content (AvgIpc) is 2.49. The Bertz CT molecular complexity index is 458. The van der Waals surface area contributed by atoms with Crippen molar-refractivity contribution >= 4 is 11.5 Å². The second-order valence-corrected chi connectivity index (χ2v) is 4.95. The molecule has 1 rings (SSSR count). The first kappa shape index (κ1) is 16.2. The molecule has 0 aliphatic heterocycles. The van der Waals surface area contributed by atoms with Gasteiger partial charge < -0.3 is 4.74 Å². The molecule has 108 valence electrons. The van der Waals surface area contributed by atoms with E-state index in [0.29, 0.717) is 18.9 Å². The summed E-state index contributed by atoms with van der Waals surface area (Å²) in [4.78, 5) is 11.4. The van der Waals surface area contributed by atoms with E-state index >= 15 is 0 Å². The van der Waals surface area contributed by atoms with Gasteiger partial charge in [0.15, 0.2) is 0 Å². The van der Waals surface area contributed by atoms with Gasteiger partial charge in [-0.3, -0.25) is 4.79 Å². The van der Waals surface area contributed by atoms with Crippen LogP contribution in [0.3, 0.4) is 0 Å². The van der Waals surface area contributed by atoms with E-state index in [0.717, 1.165) is 6.42 Å². The molecule has 0 N–H and O–H groups in total. The maximum Gasteiger partial charge on any atom is 0.309 e. The van der Waals surface area contributed by atoms with Crippen LogP contribution in [0.2, 0.25) is 0 Å². The monoisotopic (exact) mass is 272 g/mol. The van der Waals surface area contributed by atoms with Crippen molar-refractivity contribution in [3.05, 3.63) is 54.1 Å². The summed E-state index contributed by atoms with van der Waals surface area (Å²) in [6.07, 6.45) is 7.08. The van der Waals surface area contributed by atoms with Crippen LogP contribution in [0.4, 0.5) is 0 Å². The zero-order chi connectivity index (χ0) is 14.8. The van der Waals surface area contributed by atoms with Gasteiger partial charge in [0.05, 0.1) is 13.0 Å². The molecule has 0 radical (unpaired) electrons. The minimum Gasteiger partial charge on any atom is -0.465 e. The van der Waals surface area contributed by atoms with Gasteiger partial charge in [0.1, 0.15) is 0 Å². The number of benzene rings is 1. The number of hydrogen-bond donors (Lipinski definition) is 0. The summed E-state index contributed by atoms with van der Waals surface area (Å²) in [5, 5.41) is 0. The van der Waals surface area contributed by atoms with Gasteiger partial charge in [-0.15, -0.1) is 0 Å². The van der Waals surface area contributed by atoms with E-state index in [2.05, 4.69) is 25.1 Å². The molecule has 0 aromatic heterocycles. The molecular weight excluding hydrogens is 248 g/mol. The Morgan fingerprint density at radius 3 is 2.55 bits per heavy atom. The Morgan fingerprint density at radius 1 is 1.25 bits per heavy atom. The molecule has 0 fully saturated rings. The van der Waals surface area contributed by atoms with E-state index in [1.54, 1.807) is 0 Å². The summed E-state index contributed by atoms with van der Waals surface area (Å²) in [6, 6.07) is 10.3. The lowest BCUT2D eigenvalue weighted by Crippen LogP contribution is -2.11. The van der Waals surface area contributed by atoms with Crippen LogP contribution in [0.5, 0.6) is 0 Å². The minimum absolute atomic E-state index is 0.156. The first-order valence-corrected chi connectivity index (χ1v) is 7.14. The van der Waals surface area contributed by atoms with Crippen LogP contribution >= 0.6 is 0 Å². The summed E-state index contributed by atoms with van der Waals surface area (Å²) in [5.41, 5.74) is 2.53. The third-order valence-corrected chi connectivity index (χ3v) is 3.11. The molecule has 0 aliphatic rings. The zero-order valence-electron chi connectivity index (χ0n) is 12.6. The highest BCUT2D eigenvalue weighted by Crippen LogP contribution is 2.22. The van der Waals surface area contributed by atoms with Crippen LogP contribution < -0.4 is 0 Å². The first-order chi connectivity index (χ1) is 9.67. The van der Waals surface area contributed by atoms with E-state index in [4.69, 9.17) is 4.74 Å². The summed E-state index contributed by atoms with van der Waals surface area (Å²) >= 11 is 0. The molecule has 0 saturated heterocycles. The molecule has 2 heteroatoms. The molecule has 0 spiro atoms. The molecule has 0 saturated carbocycles. The third kappa shape index (κ3) is 5.87. The molecule has 0 amide bonds. The molecule has 0 aliphatic carbocycles. The number of hydrogen-bond acceptors (Lipinski definition) is 2. The predicted octanol–water partition coefficient (Wildman–Crippen LogP) is 4.63. The number of ether oxygens (including phenoxy) is 1. The van der Waals surface area contributed by atoms with Crippen molar-refractivity contribution < 1.29 is 9.53 Å². The molecular formula is C18H24O2. The highest BCUT2D eigenvalue weighted by molar-refractivity contribution is 5.71. The van der Waals surface area contributed by atoms with Crippen LogP contribution in [0.1, 0.15) is 39.2 Å². The van der Waals surface area contributed by atoms with Crippen molar-refractivity contribution in [2.75, 3.05) is 6.61 Å². The summed E-state index contributed by atoms with van der Waals surface area (Å²) < 4.78 is 5.27. The van der Waals surface area contributed by atoms with Crippen LogP contribution in [-0.4, -0.2) is 12.6 Å². The largest absolute Gasteiger partial charge is 0.465 e. The molecule has 2 nitrogen and oxygen atoms in total. The molecule has 1 atom stereocenters. The van der Waals surface area contributed by atoms with E-state index in [-0.39, 0.29) is 5.97 Å². The van der Waals surface area contributed by atoms with Crippen molar-refractivity contribution in [2.45, 2.75) is 33.6 Å². The summed E-state index contributed by atoms with van der Waals surface area (Å²) in [7, 11) is 0. The molecule has 20 heavy (non-hydrogen) atoms. The van der Waals surface area contributed by atoms with Crippen molar-refractivity contribution in [3.63, 3.8) is 0 Å². The number of carbonyl (C=O) groups is 1. The Labute approximate surface area is 122 Å². The Morgan fingerprint density at radius 2 is 1.95 bits per heavy atom. The fourth-order valence-corrected chi connectivity index (χ4v) is 2.00. The standard InChI is InChI=1S/C18H24O2/c1-4-6-12-18(19)20-14-15(3)13-16(5-2)17-10-8-7-9-11-17/h4-11,15H,12-14H2,1-3H3/b6-4-,16-5?. The Balaban J connectivity index is 2.45. The van der Waals surface area contributed by atoms with Gasteiger partial charge in [0, 0.05) is 0 Å². The van der Waals surface area contributed by atoms with Gasteiger partial charge in [-0.2, -0.15) is 0 Å². The number of rotatable bonds is 7. The zero-order valence-corrected chi connectivity index (χ0v) is 12.6. The van der Waals surface area contributed by atoms with Crippen molar-refractivity contribution in [2.24, 2.45) is 5.92 Å². The van der Waals surface area contributed by atoms with Gasteiger partial charge in [-0.1, -0.05) is 55.5 Å². The average molecular weight is 272 g/mol. The van der Waals surface area contributed by atoms with Gasteiger partial charge in [0.25, 0.3) is 0 Å². The van der Waals surface area contributed by atoms with Crippen molar-refractivity contribution in [3.8, 4) is 0 Å². The van der Waals surface area contributed by atoms with Gasteiger partial charge in [0.2, 0.25) is 0 Å². The molecule has 1 unspecified atom stereocenters. The highest BCUT2D eigenvalue weighted by Gasteiger charge is 2.09. The maximum absolute atomic E-state index is 11.4. The topological polar surface area (TPSA) is 26.3 Å². The Hall–Kier alpha value is -1.83. The van der Waals surface area contributed by atoms with Crippen LogP contribution in [0, 0.1) is 5.92 Å². The van der Waals surface area contributed by atoms with Gasteiger partial charge in [-0.05, 0) is 37.3 Å². The van der Waals surface area contributed by atoms with Crippen molar-refractivity contribution in [1.29, 1.82) is 0 Å². The lowest BCUT2D eigenvalue weighted by atomic mass is 9.96. The van der Waals surface area contributed by atoms with E-state index in [1.807, 2.05) is 44.2 Å². The van der Waals surface area contributed by atoms with Crippen LogP contribution in [0.15, 0.2) is 48.6 Å². The summed E-state index contributed by atoms with van der Waals surface area (Å²) in [6.45, 7) is 6.52. The molecule has 1 aromatic rings. The SMILES string of the molecule is CC=C(CC(C)COC(=O)C/C=C\C)c1ccccc1. The van der Waals surface area contributed by atoms with Gasteiger partial charge >= 0.3 is 5.97 Å². The quantitative estimate of drug-likeness (QED) is 0.534. The third-order valence-electron chi connectivity index (χ3n) is 3.11. The van der Waals surface area contributed by atoms with Crippen LogP contribution in [-0.2, 0) is 9.53 Å². The number of allylic oxidation sites excluding steroid dienone is 3. The fraction of sp³-hybridized carbons (Fsp3) is 0.389. The first-order valence-electron chi connectivity index (χ1n) is 7.14. The number of carbonyl (C=O) groups excluding carboxylic acids is 1. The normalized spacial score (nSPS) is 13.4. The molecule has 0 bridgehead atoms. The molecule has 1 aromatic carbocycles. The minimum atomic E-state index is -0.156. The molecule has 0 heterocycles. The maximum atomic E-state index is 11.4. The summed E-state index contributed by atoms with van der Waals surface area (Å²) in [5.74, 6) is 0.160. The highest BCUT2D eigenvalue weighted by atomic mass is 16.5. The van der Waals surface area contributed by atoms with E-state index in [9.17, 15) is 4.79 Å². The van der Waals surface area contributed by atoms with Gasteiger partial charge in [-0.25, -0.2) is 0 Å². The smallest absolute Gasteiger partial charge is 0.309 e. The fourth-order valence-electron chi connectivity index (χ4n) is 2.00.